The molecule has 102 valence electrons. The summed E-state index contributed by atoms with van der Waals surface area (Å²) in [7, 11) is 0. The number of nitrogens with one attached hydrogen (secondary N) is 1. The molecule has 0 aliphatic heterocycles. The summed E-state index contributed by atoms with van der Waals surface area (Å²) in [6.45, 7) is 0. The van der Waals surface area contributed by atoms with E-state index in [4.69, 9.17) is 0 Å². The van der Waals surface area contributed by atoms with Crippen LogP contribution in [0.3, 0.4) is 0 Å². The van der Waals surface area contributed by atoms with Gasteiger partial charge >= 0.3 is 0 Å². The normalized spacial score (nSPS) is 13.6. The van der Waals surface area contributed by atoms with Crippen LogP contribution in [0, 0.1) is 10.1 Å². The summed E-state index contributed by atoms with van der Waals surface area (Å²) in [4.78, 5) is 10.7. The Balaban J connectivity index is 1.98. The second-order valence-electron chi connectivity index (χ2n) is 5.05. The number of benzene rings is 2. The Hall–Kier alpha value is -2.36. The monoisotopic (exact) mass is 268 g/mol. The minimum Gasteiger partial charge on any atom is -0.350 e. The van der Waals surface area contributed by atoms with Crippen molar-refractivity contribution >= 4 is 17.1 Å². The van der Waals surface area contributed by atoms with Gasteiger partial charge in [-0.1, -0.05) is 24.3 Å². The molecule has 1 aliphatic rings. The maximum atomic E-state index is 11.1. The fourth-order valence-corrected chi connectivity index (χ4v) is 2.78. The summed E-state index contributed by atoms with van der Waals surface area (Å²) in [6.07, 6.45) is 4.55. The third-order valence-corrected chi connectivity index (χ3v) is 3.77. The van der Waals surface area contributed by atoms with Crippen LogP contribution in [0.5, 0.6) is 0 Å². The van der Waals surface area contributed by atoms with E-state index in [2.05, 4.69) is 11.4 Å². The maximum absolute atomic E-state index is 11.1. The first-order valence-corrected chi connectivity index (χ1v) is 6.87. The summed E-state index contributed by atoms with van der Waals surface area (Å²) in [6, 6.07) is 12.9. The van der Waals surface area contributed by atoms with Gasteiger partial charge < -0.3 is 5.32 Å². The van der Waals surface area contributed by atoms with Crippen LogP contribution in [-0.2, 0) is 12.8 Å². The van der Waals surface area contributed by atoms with Gasteiger partial charge in [-0.25, -0.2) is 0 Å². The third-order valence-electron chi connectivity index (χ3n) is 3.77. The molecule has 2 aromatic carbocycles. The fourth-order valence-electron chi connectivity index (χ4n) is 2.78. The van der Waals surface area contributed by atoms with E-state index in [9.17, 15) is 10.1 Å². The van der Waals surface area contributed by atoms with Gasteiger partial charge in [0.1, 0.15) is 5.69 Å². The van der Waals surface area contributed by atoms with Gasteiger partial charge in [-0.05, 0) is 48.9 Å². The van der Waals surface area contributed by atoms with Crippen LogP contribution in [0.1, 0.15) is 24.0 Å². The van der Waals surface area contributed by atoms with E-state index in [1.54, 1.807) is 12.1 Å². The van der Waals surface area contributed by atoms with Crippen molar-refractivity contribution in [2.75, 3.05) is 5.32 Å². The first kappa shape index (κ1) is 12.7. The Morgan fingerprint density at radius 3 is 2.55 bits per heavy atom. The standard InChI is InChI=1S/C16H16N2O2/c19-18(20)16-11-4-3-9-15(16)17-14-10-5-7-12-6-1-2-8-13(12)14/h3-5,7,9-11,17H,1-2,6,8H2. The van der Waals surface area contributed by atoms with Crippen LogP contribution in [0.2, 0.25) is 0 Å². The van der Waals surface area contributed by atoms with Gasteiger partial charge in [0.05, 0.1) is 4.92 Å². The van der Waals surface area contributed by atoms with Crippen LogP contribution >= 0.6 is 0 Å². The zero-order valence-electron chi connectivity index (χ0n) is 11.1. The van der Waals surface area contributed by atoms with E-state index in [-0.39, 0.29) is 10.6 Å². The van der Waals surface area contributed by atoms with E-state index in [0.29, 0.717) is 5.69 Å². The van der Waals surface area contributed by atoms with Crippen LogP contribution in [0.4, 0.5) is 17.1 Å². The van der Waals surface area contributed by atoms with Crippen LogP contribution in [-0.4, -0.2) is 4.92 Å². The number of fused-ring (bicyclic) bond motifs is 1. The van der Waals surface area contributed by atoms with Crippen molar-refractivity contribution in [1.82, 2.24) is 0 Å². The van der Waals surface area contributed by atoms with Crippen LogP contribution in [0.15, 0.2) is 42.5 Å². The molecule has 0 atom stereocenters. The van der Waals surface area contributed by atoms with Gasteiger partial charge in [0.15, 0.2) is 0 Å². The highest BCUT2D eigenvalue weighted by molar-refractivity contribution is 5.72. The molecule has 4 heteroatoms. The van der Waals surface area contributed by atoms with E-state index in [0.717, 1.165) is 18.5 Å². The highest BCUT2D eigenvalue weighted by Gasteiger charge is 2.16. The second-order valence-corrected chi connectivity index (χ2v) is 5.05. The first-order chi connectivity index (χ1) is 9.75. The van der Waals surface area contributed by atoms with Crippen molar-refractivity contribution in [2.45, 2.75) is 25.7 Å². The number of hydrogen-bond acceptors (Lipinski definition) is 3. The number of anilines is 2. The lowest BCUT2D eigenvalue weighted by Gasteiger charge is -2.20. The molecule has 0 unspecified atom stereocenters. The highest BCUT2D eigenvalue weighted by Crippen LogP contribution is 2.32. The van der Waals surface area contributed by atoms with E-state index in [1.807, 2.05) is 18.2 Å². The molecule has 3 rings (SSSR count). The lowest BCUT2D eigenvalue weighted by atomic mass is 9.90. The Morgan fingerprint density at radius 1 is 0.950 bits per heavy atom. The quantitative estimate of drug-likeness (QED) is 0.670. The average molecular weight is 268 g/mol. The molecular formula is C16H16N2O2. The summed E-state index contributed by atoms with van der Waals surface area (Å²) in [5.41, 5.74) is 4.32. The zero-order chi connectivity index (χ0) is 13.9. The zero-order valence-corrected chi connectivity index (χ0v) is 11.1. The summed E-state index contributed by atoms with van der Waals surface area (Å²) in [5.74, 6) is 0. The minimum atomic E-state index is -0.349. The molecular weight excluding hydrogens is 252 g/mol. The molecule has 0 saturated heterocycles. The molecule has 0 bridgehead atoms. The number of para-hydroxylation sites is 2. The van der Waals surface area contributed by atoms with Gasteiger partial charge in [0.2, 0.25) is 0 Å². The molecule has 1 N–H and O–H groups in total. The van der Waals surface area contributed by atoms with Gasteiger partial charge in [-0.2, -0.15) is 0 Å². The Labute approximate surface area is 117 Å². The van der Waals surface area contributed by atoms with Gasteiger partial charge in [-0.15, -0.1) is 0 Å². The molecule has 0 aromatic heterocycles. The summed E-state index contributed by atoms with van der Waals surface area (Å²) >= 11 is 0. The first-order valence-electron chi connectivity index (χ1n) is 6.87. The predicted octanol–water partition coefficient (Wildman–Crippen LogP) is 4.22. The lowest BCUT2D eigenvalue weighted by molar-refractivity contribution is -0.383. The van der Waals surface area contributed by atoms with E-state index >= 15 is 0 Å². The van der Waals surface area contributed by atoms with Crippen molar-refractivity contribution in [3.05, 3.63) is 63.7 Å². The minimum absolute atomic E-state index is 0.112. The van der Waals surface area contributed by atoms with Gasteiger partial charge in [0.25, 0.3) is 5.69 Å². The molecule has 1 aliphatic carbocycles. The predicted molar refractivity (Wildman–Crippen MR) is 79.5 cm³/mol. The molecule has 0 heterocycles. The molecule has 4 nitrogen and oxygen atoms in total. The Kier molecular flexibility index (Phi) is 3.37. The largest absolute Gasteiger partial charge is 0.350 e. The number of aryl methyl sites for hydroxylation is 1. The number of nitro benzene ring substituents is 1. The molecule has 0 amide bonds. The van der Waals surface area contributed by atoms with Crippen molar-refractivity contribution in [2.24, 2.45) is 0 Å². The van der Waals surface area contributed by atoms with Crippen molar-refractivity contribution in [1.29, 1.82) is 0 Å². The molecule has 0 radical (unpaired) electrons. The fraction of sp³-hybridized carbons (Fsp3) is 0.250. The molecule has 0 spiro atoms. The maximum Gasteiger partial charge on any atom is 0.292 e. The van der Waals surface area contributed by atoms with Crippen LogP contribution < -0.4 is 5.32 Å². The van der Waals surface area contributed by atoms with Crippen molar-refractivity contribution < 1.29 is 4.92 Å². The van der Waals surface area contributed by atoms with Gasteiger partial charge in [0, 0.05) is 11.8 Å². The topological polar surface area (TPSA) is 55.2 Å². The van der Waals surface area contributed by atoms with Crippen LogP contribution in [0.25, 0.3) is 0 Å². The number of nitrogens with zero attached hydrogens (tertiary/aromatic N) is 1. The second kappa shape index (κ2) is 5.33. The van der Waals surface area contributed by atoms with Gasteiger partial charge in [-0.3, -0.25) is 10.1 Å². The summed E-state index contributed by atoms with van der Waals surface area (Å²) < 4.78 is 0. The number of rotatable bonds is 3. The molecule has 0 fully saturated rings. The third kappa shape index (κ3) is 2.37. The highest BCUT2D eigenvalue weighted by atomic mass is 16.6. The molecule has 0 saturated carbocycles. The Bertz CT molecular complexity index is 653. The number of nitro groups is 1. The van der Waals surface area contributed by atoms with Crippen molar-refractivity contribution in [3.63, 3.8) is 0 Å². The van der Waals surface area contributed by atoms with E-state index in [1.165, 1.54) is 30.0 Å². The van der Waals surface area contributed by atoms with E-state index < -0.39 is 0 Å². The summed E-state index contributed by atoms with van der Waals surface area (Å²) in [5, 5.41) is 14.3. The SMILES string of the molecule is O=[N+]([O-])c1ccccc1Nc1cccc2c1CCCC2. The smallest absolute Gasteiger partial charge is 0.292 e. The van der Waals surface area contributed by atoms with Crippen molar-refractivity contribution in [3.8, 4) is 0 Å². The number of hydrogen-bond donors (Lipinski definition) is 1. The molecule has 20 heavy (non-hydrogen) atoms. The lowest BCUT2D eigenvalue weighted by Crippen LogP contribution is -2.06. The Morgan fingerprint density at radius 2 is 1.70 bits per heavy atom. The molecule has 2 aromatic rings. The average Bonchev–Trinajstić information content (AvgIpc) is 2.48.